The highest BCUT2D eigenvalue weighted by Gasteiger charge is 2.47. The van der Waals surface area contributed by atoms with Crippen molar-refractivity contribution < 1.29 is 8.42 Å². The van der Waals surface area contributed by atoms with Gasteiger partial charge in [-0.15, -0.1) is 0 Å². The highest BCUT2D eigenvalue weighted by atomic mass is 32.2. The van der Waals surface area contributed by atoms with Gasteiger partial charge in [-0.1, -0.05) is 13.8 Å². The molecule has 4 nitrogen and oxygen atoms in total. The first kappa shape index (κ1) is 12.3. The largest absolute Gasteiger partial charge is 0.276 e. The van der Waals surface area contributed by atoms with E-state index >= 15 is 0 Å². The third-order valence-electron chi connectivity index (χ3n) is 4.48. The SMILES string of the molecule is CC(C)C1CC2(CCN(S(N)(=O)=O)CC2)C1. The summed E-state index contributed by atoms with van der Waals surface area (Å²) in [4.78, 5) is 0. The van der Waals surface area contributed by atoms with E-state index in [-0.39, 0.29) is 0 Å². The van der Waals surface area contributed by atoms with Crippen LogP contribution in [-0.4, -0.2) is 25.8 Å². The molecule has 1 heterocycles. The lowest BCUT2D eigenvalue weighted by molar-refractivity contribution is -0.0159. The van der Waals surface area contributed by atoms with Crippen molar-refractivity contribution in [2.75, 3.05) is 13.1 Å². The monoisotopic (exact) mass is 246 g/mol. The molecule has 0 aromatic rings. The predicted octanol–water partition coefficient (Wildman–Crippen LogP) is 1.34. The summed E-state index contributed by atoms with van der Waals surface area (Å²) >= 11 is 0. The van der Waals surface area contributed by atoms with E-state index < -0.39 is 10.2 Å². The van der Waals surface area contributed by atoms with Gasteiger partial charge in [0.25, 0.3) is 10.2 Å². The highest BCUT2D eigenvalue weighted by Crippen LogP contribution is 2.54. The summed E-state index contributed by atoms with van der Waals surface area (Å²) in [6, 6.07) is 0. The summed E-state index contributed by atoms with van der Waals surface area (Å²) in [5.41, 5.74) is 0.441. The summed E-state index contributed by atoms with van der Waals surface area (Å²) < 4.78 is 23.8. The standard InChI is InChI=1S/C11H22N2O2S/c1-9(2)10-7-11(8-10)3-5-13(6-4-11)16(12,14)15/h9-10H,3-8H2,1-2H3,(H2,12,14,15). The number of nitrogens with zero attached hydrogens (tertiary/aromatic N) is 1. The van der Waals surface area contributed by atoms with Crippen molar-refractivity contribution in [1.82, 2.24) is 4.31 Å². The van der Waals surface area contributed by atoms with Crippen molar-refractivity contribution in [3.05, 3.63) is 0 Å². The Bertz CT molecular complexity index is 348. The van der Waals surface area contributed by atoms with Crippen molar-refractivity contribution in [2.45, 2.75) is 39.5 Å². The molecule has 2 aliphatic rings. The van der Waals surface area contributed by atoms with E-state index in [1.54, 1.807) is 0 Å². The number of hydrogen-bond donors (Lipinski definition) is 1. The molecule has 1 spiro atoms. The van der Waals surface area contributed by atoms with Crippen LogP contribution in [0.3, 0.4) is 0 Å². The molecule has 1 saturated carbocycles. The minimum absolute atomic E-state index is 0.441. The zero-order chi connectivity index (χ0) is 12.0. The van der Waals surface area contributed by atoms with Crippen LogP contribution in [0.4, 0.5) is 0 Å². The van der Waals surface area contributed by atoms with Crippen LogP contribution in [0.1, 0.15) is 39.5 Å². The fraction of sp³-hybridized carbons (Fsp3) is 1.00. The number of piperidine rings is 1. The second-order valence-electron chi connectivity index (χ2n) is 5.86. The Kier molecular flexibility index (Phi) is 3.05. The normalized spacial score (nSPS) is 27.2. The van der Waals surface area contributed by atoms with Crippen molar-refractivity contribution in [3.63, 3.8) is 0 Å². The molecule has 2 N–H and O–H groups in total. The van der Waals surface area contributed by atoms with Gasteiger partial charge >= 0.3 is 0 Å². The van der Waals surface area contributed by atoms with Crippen molar-refractivity contribution in [2.24, 2.45) is 22.4 Å². The Morgan fingerprint density at radius 1 is 1.25 bits per heavy atom. The number of nitrogens with two attached hydrogens (primary N) is 1. The Hall–Kier alpha value is -0.130. The minimum atomic E-state index is -3.46. The van der Waals surface area contributed by atoms with Gasteiger partial charge in [-0.2, -0.15) is 12.7 Å². The summed E-state index contributed by atoms with van der Waals surface area (Å²) in [7, 11) is -3.46. The van der Waals surface area contributed by atoms with Crippen molar-refractivity contribution in [3.8, 4) is 0 Å². The first-order chi connectivity index (χ1) is 7.32. The Morgan fingerprint density at radius 3 is 2.12 bits per heavy atom. The topological polar surface area (TPSA) is 63.4 Å². The molecule has 2 fully saturated rings. The van der Waals surface area contributed by atoms with E-state index in [2.05, 4.69) is 13.8 Å². The van der Waals surface area contributed by atoms with E-state index in [1.165, 1.54) is 17.1 Å². The van der Waals surface area contributed by atoms with Crippen LogP contribution in [0.5, 0.6) is 0 Å². The van der Waals surface area contributed by atoms with Gasteiger partial charge in [-0.3, -0.25) is 0 Å². The zero-order valence-corrected chi connectivity index (χ0v) is 11.0. The maximum absolute atomic E-state index is 11.2. The molecule has 16 heavy (non-hydrogen) atoms. The third-order valence-corrected chi connectivity index (χ3v) is 5.56. The van der Waals surface area contributed by atoms with E-state index in [9.17, 15) is 8.42 Å². The van der Waals surface area contributed by atoms with Crippen LogP contribution in [-0.2, 0) is 10.2 Å². The van der Waals surface area contributed by atoms with E-state index in [1.807, 2.05) is 0 Å². The molecule has 0 aromatic heterocycles. The number of hydrogen-bond acceptors (Lipinski definition) is 2. The van der Waals surface area contributed by atoms with Crippen LogP contribution < -0.4 is 5.14 Å². The van der Waals surface area contributed by atoms with Crippen molar-refractivity contribution >= 4 is 10.2 Å². The third kappa shape index (κ3) is 2.26. The fourth-order valence-corrected chi connectivity index (χ4v) is 3.84. The summed E-state index contributed by atoms with van der Waals surface area (Å²) in [5, 5.41) is 5.13. The van der Waals surface area contributed by atoms with Gasteiger partial charge in [0.05, 0.1) is 0 Å². The first-order valence-corrected chi connectivity index (χ1v) is 7.61. The molecular formula is C11H22N2O2S. The van der Waals surface area contributed by atoms with Crippen molar-refractivity contribution in [1.29, 1.82) is 0 Å². The molecule has 5 heteroatoms. The molecule has 94 valence electrons. The second kappa shape index (κ2) is 3.96. The smallest absolute Gasteiger partial charge is 0.216 e. The van der Waals surface area contributed by atoms with E-state index in [4.69, 9.17) is 5.14 Å². The van der Waals surface area contributed by atoms with Gasteiger partial charge in [-0.25, -0.2) is 5.14 Å². The Balaban J connectivity index is 1.88. The average molecular weight is 246 g/mol. The van der Waals surface area contributed by atoms with Crippen LogP contribution in [0, 0.1) is 17.3 Å². The second-order valence-corrected chi connectivity index (χ2v) is 7.40. The molecule has 0 amide bonds. The maximum Gasteiger partial charge on any atom is 0.276 e. The molecule has 0 bridgehead atoms. The van der Waals surface area contributed by atoms with Crippen LogP contribution in [0.25, 0.3) is 0 Å². The molecule has 1 aliphatic heterocycles. The molecule has 0 aromatic carbocycles. The Labute approximate surface area is 98.4 Å². The fourth-order valence-electron chi connectivity index (χ4n) is 3.15. The van der Waals surface area contributed by atoms with Crippen LogP contribution in [0.2, 0.25) is 0 Å². The lowest BCUT2D eigenvalue weighted by atomic mass is 9.55. The molecule has 0 radical (unpaired) electrons. The zero-order valence-electron chi connectivity index (χ0n) is 10.1. The molecule has 2 rings (SSSR count). The summed E-state index contributed by atoms with van der Waals surface area (Å²) in [5.74, 6) is 1.61. The van der Waals surface area contributed by atoms with E-state index in [0.717, 1.165) is 24.7 Å². The van der Waals surface area contributed by atoms with Gasteiger partial charge in [0.2, 0.25) is 0 Å². The van der Waals surface area contributed by atoms with Gasteiger partial charge in [0.15, 0.2) is 0 Å². The van der Waals surface area contributed by atoms with Gasteiger partial charge in [0, 0.05) is 13.1 Å². The lowest BCUT2D eigenvalue weighted by Crippen LogP contribution is -2.50. The van der Waals surface area contributed by atoms with Gasteiger partial charge in [0.1, 0.15) is 0 Å². The summed E-state index contributed by atoms with van der Waals surface area (Å²) in [6.45, 7) is 5.78. The van der Waals surface area contributed by atoms with Gasteiger partial charge in [-0.05, 0) is 42.9 Å². The van der Waals surface area contributed by atoms with Crippen LogP contribution >= 0.6 is 0 Å². The summed E-state index contributed by atoms with van der Waals surface area (Å²) in [6.07, 6.45) is 4.55. The van der Waals surface area contributed by atoms with E-state index in [0.29, 0.717) is 18.5 Å². The molecular weight excluding hydrogens is 224 g/mol. The lowest BCUT2D eigenvalue weighted by Gasteiger charge is -2.53. The molecule has 1 aliphatic carbocycles. The first-order valence-electron chi connectivity index (χ1n) is 6.10. The maximum atomic E-state index is 11.2. The molecule has 0 unspecified atom stereocenters. The van der Waals surface area contributed by atoms with Gasteiger partial charge < -0.3 is 0 Å². The Morgan fingerprint density at radius 2 is 1.75 bits per heavy atom. The highest BCUT2D eigenvalue weighted by molar-refractivity contribution is 7.86. The predicted molar refractivity (Wildman–Crippen MR) is 63.9 cm³/mol. The molecule has 0 atom stereocenters. The quantitative estimate of drug-likeness (QED) is 0.799. The van der Waals surface area contributed by atoms with Crippen LogP contribution in [0.15, 0.2) is 0 Å². The molecule has 1 saturated heterocycles. The minimum Gasteiger partial charge on any atom is -0.216 e. The number of rotatable bonds is 2. The average Bonchev–Trinajstić information content (AvgIpc) is 2.12.